The van der Waals surface area contributed by atoms with Crippen LogP contribution in [0.25, 0.3) is 0 Å². The summed E-state index contributed by atoms with van der Waals surface area (Å²) in [6.07, 6.45) is 7.52. The first-order valence-electron chi connectivity index (χ1n) is 11.9. The highest BCUT2D eigenvalue weighted by Crippen LogP contribution is 2.52. The fourth-order valence-electron chi connectivity index (χ4n) is 5.89. The quantitative estimate of drug-likeness (QED) is 0.701. The smallest absolute Gasteiger partial charge is 0.243 e. The third kappa shape index (κ3) is 4.14. The van der Waals surface area contributed by atoms with E-state index >= 15 is 0 Å². The second-order valence-corrected chi connectivity index (χ2v) is 9.84. The molecule has 5 nitrogen and oxygen atoms in total. The number of benzene rings is 1. The van der Waals surface area contributed by atoms with Gasteiger partial charge in [-0.2, -0.15) is 0 Å². The van der Waals surface area contributed by atoms with Gasteiger partial charge in [0.1, 0.15) is 6.04 Å². The van der Waals surface area contributed by atoms with Crippen molar-refractivity contribution in [2.24, 2.45) is 11.3 Å². The largest absolute Gasteiger partial charge is 0.353 e. The van der Waals surface area contributed by atoms with Gasteiger partial charge in [0, 0.05) is 19.1 Å². The molecule has 2 amide bonds. The summed E-state index contributed by atoms with van der Waals surface area (Å²) in [4.78, 5) is 30.1. The van der Waals surface area contributed by atoms with Gasteiger partial charge in [-0.25, -0.2) is 0 Å². The highest BCUT2D eigenvalue weighted by molar-refractivity contribution is 6.02. The number of rotatable bonds is 7. The third-order valence-corrected chi connectivity index (χ3v) is 7.56. The van der Waals surface area contributed by atoms with E-state index in [0.717, 1.165) is 51.2 Å². The zero-order chi connectivity index (χ0) is 21.1. The van der Waals surface area contributed by atoms with Gasteiger partial charge < -0.3 is 15.1 Å². The van der Waals surface area contributed by atoms with Crippen LogP contribution >= 0.6 is 0 Å². The maximum absolute atomic E-state index is 13.0. The van der Waals surface area contributed by atoms with Crippen molar-refractivity contribution in [2.45, 2.75) is 70.9 Å². The van der Waals surface area contributed by atoms with Crippen LogP contribution in [-0.4, -0.2) is 59.9 Å². The Balaban J connectivity index is 1.22. The first-order valence-corrected chi connectivity index (χ1v) is 11.9. The number of carbonyl (C=O) groups is 2. The number of nitrogens with one attached hydrogen (secondary N) is 1. The Hall–Kier alpha value is -1.88. The van der Waals surface area contributed by atoms with Crippen LogP contribution < -0.4 is 5.32 Å². The maximum Gasteiger partial charge on any atom is 0.243 e. The van der Waals surface area contributed by atoms with Crippen molar-refractivity contribution in [2.75, 3.05) is 26.2 Å². The average molecular weight is 412 g/mol. The fraction of sp³-hybridized carbons (Fsp3) is 0.680. The number of likely N-dealkylation sites (tertiary alicyclic amines) is 2. The highest BCUT2D eigenvalue weighted by Gasteiger charge is 2.64. The summed E-state index contributed by atoms with van der Waals surface area (Å²) >= 11 is 0. The van der Waals surface area contributed by atoms with Gasteiger partial charge in [0.25, 0.3) is 0 Å². The van der Waals surface area contributed by atoms with Crippen molar-refractivity contribution >= 4 is 11.8 Å². The molecule has 0 aromatic heterocycles. The van der Waals surface area contributed by atoms with E-state index in [1.165, 1.54) is 24.8 Å². The van der Waals surface area contributed by atoms with Crippen LogP contribution in [0.15, 0.2) is 30.3 Å². The molecule has 1 N–H and O–H groups in total. The Labute approximate surface area is 181 Å². The first kappa shape index (κ1) is 21.4. The lowest BCUT2D eigenvalue weighted by Crippen LogP contribution is -2.74. The summed E-state index contributed by atoms with van der Waals surface area (Å²) in [5.74, 6) is 1.03. The second kappa shape index (κ2) is 9.09. The van der Waals surface area contributed by atoms with Gasteiger partial charge in [-0.3, -0.25) is 9.59 Å². The van der Waals surface area contributed by atoms with Gasteiger partial charge in [-0.15, -0.1) is 0 Å². The molecule has 2 aliphatic heterocycles. The second-order valence-electron chi connectivity index (χ2n) is 9.84. The molecule has 3 fully saturated rings. The molecule has 2 saturated heterocycles. The normalized spacial score (nSPS) is 24.4. The molecule has 5 heteroatoms. The Morgan fingerprint density at radius 1 is 1.13 bits per heavy atom. The molecule has 4 rings (SSSR count). The van der Waals surface area contributed by atoms with E-state index in [2.05, 4.69) is 40.5 Å². The monoisotopic (exact) mass is 411 g/mol. The maximum atomic E-state index is 13.0. The lowest BCUT2D eigenvalue weighted by atomic mass is 9.68. The molecule has 1 aromatic rings. The molecule has 2 heterocycles. The van der Waals surface area contributed by atoms with Gasteiger partial charge in [0.05, 0.1) is 5.41 Å². The van der Waals surface area contributed by atoms with E-state index in [0.29, 0.717) is 6.54 Å². The van der Waals surface area contributed by atoms with Crippen LogP contribution in [0.5, 0.6) is 0 Å². The molecular weight excluding hydrogens is 374 g/mol. The van der Waals surface area contributed by atoms with E-state index in [-0.39, 0.29) is 23.9 Å². The molecule has 1 spiro atoms. The molecule has 0 bridgehead atoms. The molecule has 3 aliphatic rings. The van der Waals surface area contributed by atoms with Gasteiger partial charge in [-0.05, 0) is 70.5 Å². The molecule has 1 atom stereocenters. The zero-order valence-corrected chi connectivity index (χ0v) is 18.6. The van der Waals surface area contributed by atoms with Crippen molar-refractivity contribution in [3.8, 4) is 0 Å². The number of hydrogen-bond donors (Lipinski definition) is 1. The highest BCUT2D eigenvalue weighted by atomic mass is 16.2. The van der Waals surface area contributed by atoms with Gasteiger partial charge in [0.15, 0.2) is 0 Å². The molecule has 164 valence electrons. The van der Waals surface area contributed by atoms with Crippen molar-refractivity contribution in [1.29, 1.82) is 0 Å². The SMILES string of the molecule is CC(C)N1C(=O)C2(CCCC2)C1C(=O)NCCN1CCC(Cc2ccccc2)CC1. The van der Waals surface area contributed by atoms with E-state index in [1.807, 2.05) is 18.7 Å². The number of carbonyl (C=O) groups excluding carboxylic acids is 2. The number of nitrogens with zero attached hydrogens (tertiary/aromatic N) is 2. The van der Waals surface area contributed by atoms with Gasteiger partial charge >= 0.3 is 0 Å². The number of β-lactam (4-membered cyclic amide) rings is 1. The Kier molecular flexibility index (Phi) is 6.47. The lowest BCUT2D eigenvalue weighted by molar-refractivity contribution is -0.181. The molecular formula is C25H37N3O2. The fourth-order valence-corrected chi connectivity index (χ4v) is 5.89. The summed E-state index contributed by atoms with van der Waals surface area (Å²) in [6.45, 7) is 7.82. The minimum atomic E-state index is -0.399. The molecule has 1 unspecified atom stereocenters. The van der Waals surface area contributed by atoms with Crippen molar-refractivity contribution < 1.29 is 9.59 Å². The standard InChI is InChI=1S/C25H37N3O2/c1-19(2)28-22(25(24(28)30)12-6-7-13-25)23(29)26-14-17-27-15-10-21(11-16-27)18-20-8-4-3-5-9-20/h3-5,8-9,19,21-22H,6-7,10-18H2,1-2H3,(H,26,29). The zero-order valence-electron chi connectivity index (χ0n) is 18.6. The van der Waals surface area contributed by atoms with Crippen LogP contribution in [0.1, 0.15) is 57.9 Å². The molecule has 30 heavy (non-hydrogen) atoms. The average Bonchev–Trinajstić information content (AvgIpc) is 3.26. The molecule has 1 aliphatic carbocycles. The van der Waals surface area contributed by atoms with Crippen molar-refractivity contribution in [3.05, 3.63) is 35.9 Å². The van der Waals surface area contributed by atoms with Crippen LogP contribution in [-0.2, 0) is 16.0 Å². The van der Waals surface area contributed by atoms with E-state index in [1.54, 1.807) is 0 Å². The van der Waals surface area contributed by atoms with E-state index in [9.17, 15) is 9.59 Å². The Bertz CT molecular complexity index is 734. The van der Waals surface area contributed by atoms with Gasteiger partial charge in [0.2, 0.25) is 11.8 Å². The minimum absolute atomic E-state index is 0.0594. The Morgan fingerprint density at radius 2 is 1.80 bits per heavy atom. The topological polar surface area (TPSA) is 52.7 Å². The minimum Gasteiger partial charge on any atom is -0.353 e. The number of hydrogen-bond acceptors (Lipinski definition) is 3. The van der Waals surface area contributed by atoms with Gasteiger partial charge in [-0.1, -0.05) is 43.2 Å². The summed E-state index contributed by atoms with van der Waals surface area (Å²) < 4.78 is 0. The Morgan fingerprint density at radius 3 is 2.43 bits per heavy atom. The van der Waals surface area contributed by atoms with Crippen LogP contribution in [0.4, 0.5) is 0 Å². The van der Waals surface area contributed by atoms with Crippen LogP contribution in [0.3, 0.4) is 0 Å². The summed E-state index contributed by atoms with van der Waals surface area (Å²) in [5.41, 5.74) is 1.04. The van der Waals surface area contributed by atoms with E-state index < -0.39 is 5.41 Å². The van der Waals surface area contributed by atoms with Crippen LogP contribution in [0.2, 0.25) is 0 Å². The predicted molar refractivity (Wildman–Crippen MR) is 119 cm³/mol. The number of amides is 2. The third-order valence-electron chi connectivity index (χ3n) is 7.56. The first-order chi connectivity index (χ1) is 14.5. The van der Waals surface area contributed by atoms with Crippen molar-refractivity contribution in [1.82, 2.24) is 15.1 Å². The lowest BCUT2D eigenvalue weighted by Gasteiger charge is -2.55. The number of piperidine rings is 1. The molecule has 1 saturated carbocycles. The summed E-state index contributed by atoms with van der Waals surface area (Å²) in [5, 5.41) is 3.17. The van der Waals surface area contributed by atoms with E-state index in [4.69, 9.17) is 0 Å². The van der Waals surface area contributed by atoms with Crippen molar-refractivity contribution in [3.63, 3.8) is 0 Å². The predicted octanol–water partition coefficient (Wildman–Crippen LogP) is 3.24. The van der Waals surface area contributed by atoms with Crippen LogP contribution in [0, 0.1) is 11.3 Å². The molecule has 0 radical (unpaired) electrons. The molecule has 1 aromatic carbocycles. The summed E-state index contributed by atoms with van der Waals surface area (Å²) in [6, 6.07) is 10.6. The summed E-state index contributed by atoms with van der Waals surface area (Å²) in [7, 11) is 0.